The average Bonchev–Trinajstić information content (AvgIpc) is 2.25. The van der Waals surface area contributed by atoms with Crippen LogP contribution in [0.2, 0.25) is 0 Å². The third-order valence-corrected chi connectivity index (χ3v) is 3.14. The lowest BCUT2D eigenvalue weighted by atomic mass is 10.1. The molecule has 0 spiro atoms. The lowest BCUT2D eigenvalue weighted by molar-refractivity contribution is 0.237. The predicted octanol–water partition coefficient (Wildman–Crippen LogP) is 2.55. The molecular weight excluding hydrogens is 200 g/mol. The Hall–Kier alpha value is -1.09. The van der Waals surface area contributed by atoms with Crippen LogP contribution in [0.1, 0.15) is 37.8 Å². The lowest BCUT2D eigenvalue weighted by Gasteiger charge is -2.23. The van der Waals surface area contributed by atoms with E-state index in [1.165, 1.54) is 51.4 Å². The van der Waals surface area contributed by atoms with Gasteiger partial charge in [0.25, 0.3) is 0 Å². The van der Waals surface area contributed by atoms with Gasteiger partial charge in [-0.3, -0.25) is 9.88 Å². The zero-order chi connectivity index (χ0) is 11.2. The largest absolute Gasteiger partial charge is 0.506 e. The zero-order valence-electron chi connectivity index (χ0n) is 9.73. The third-order valence-electron chi connectivity index (χ3n) is 3.14. The van der Waals surface area contributed by atoms with Gasteiger partial charge < -0.3 is 5.11 Å². The van der Waals surface area contributed by atoms with E-state index in [2.05, 4.69) is 9.88 Å². The van der Waals surface area contributed by atoms with Crippen molar-refractivity contribution in [2.75, 3.05) is 13.1 Å². The Balaban J connectivity index is 1.89. The van der Waals surface area contributed by atoms with Crippen LogP contribution in [-0.2, 0) is 6.54 Å². The Morgan fingerprint density at radius 1 is 1.06 bits per heavy atom. The van der Waals surface area contributed by atoms with Crippen molar-refractivity contribution in [2.45, 2.75) is 38.6 Å². The molecule has 3 nitrogen and oxygen atoms in total. The van der Waals surface area contributed by atoms with Gasteiger partial charge in [0.2, 0.25) is 0 Å². The summed E-state index contributed by atoms with van der Waals surface area (Å²) in [6.07, 6.45) is 8.25. The minimum absolute atomic E-state index is 0.247. The first-order valence-corrected chi connectivity index (χ1v) is 6.21. The van der Waals surface area contributed by atoms with Gasteiger partial charge in [-0.25, -0.2) is 0 Å². The van der Waals surface area contributed by atoms with Gasteiger partial charge in [0, 0.05) is 6.54 Å². The van der Waals surface area contributed by atoms with Crippen molar-refractivity contribution in [1.82, 2.24) is 9.88 Å². The first-order valence-electron chi connectivity index (χ1n) is 6.21. The highest BCUT2D eigenvalue weighted by atomic mass is 16.3. The van der Waals surface area contributed by atoms with Crippen LogP contribution in [0.5, 0.6) is 5.75 Å². The van der Waals surface area contributed by atoms with Crippen LogP contribution in [0.4, 0.5) is 0 Å². The highest BCUT2D eigenvalue weighted by Crippen LogP contribution is 2.13. The SMILES string of the molecule is Oc1ccc(CN2CCCCCCC2)nc1. The predicted molar refractivity (Wildman–Crippen MR) is 64.3 cm³/mol. The van der Waals surface area contributed by atoms with E-state index in [4.69, 9.17) is 5.11 Å². The Kier molecular flexibility index (Phi) is 4.17. The zero-order valence-corrected chi connectivity index (χ0v) is 9.73. The van der Waals surface area contributed by atoms with E-state index < -0.39 is 0 Å². The molecule has 3 heteroatoms. The molecule has 1 aliphatic heterocycles. The number of aromatic hydroxyl groups is 1. The number of hydrogen-bond acceptors (Lipinski definition) is 3. The van der Waals surface area contributed by atoms with E-state index in [0.717, 1.165) is 12.2 Å². The summed E-state index contributed by atoms with van der Waals surface area (Å²) in [5.74, 6) is 0.247. The van der Waals surface area contributed by atoms with Crippen molar-refractivity contribution in [2.24, 2.45) is 0 Å². The van der Waals surface area contributed by atoms with E-state index in [1.807, 2.05) is 6.07 Å². The molecule has 0 unspecified atom stereocenters. The van der Waals surface area contributed by atoms with Gasteiger partial charge in [0.15, 0.2) is 0 Å². The Bertz CT molecular complexity index is 302. The lowest BCUT2D eigenvalue weighted by Crippen LogP contribution is -2.27. The van der Waals surface area contributed by atoms with Crippen LogP contribution >= 0.6 is 0 Å². The van der Waals surface area contributed by atoms with E-state index >= 15 is 0 Å². The Morgan fingerprint density at radius 2 is 1.75 bits per heavy atom. The molecule has 0 aliphatic carbocycles. The highest BCUT2D eigenvalue weighted by molar-refractivity contribution is 5.17. The van der Waals surface area contributed by atoms with E-state index in [-0.39, 0.29) is 5.75 Å². The summed E-state index contributed by atoms with van der Waals surface area (Å²) in [7, 11) is 0. The topological polar surface area (TPSA) is 36.4 Å². The van der Waals surface area contributed by atoms with E-state index in [0.29, 0.717) is 0 Å². The molecule has 2 rings (SSSR count). The molecule has 0 saturated carbocycles. The highest BCUT2D eigenvalue weighted by Gasteiger charge is 2.09. The number of likely N-dealkylation sites (tertiary alicyclic amines) is 1. The van der Waals surface area contributed by atoms with Crippen LogP contribution in [0.25, 0.3) is 0 Å². The van der Waals surface area contributed by atoms with Gasteiger partial charge in [0.1, 0.15) is 5.75 Å². The third kappa shape index (κ3) is 3.49. The maximum atomic E-state index is 9.17. The van der Waals surface area contributed by atoms with Gasteiger partial charge in [-0.05, 0) is 38.1 Å². The van der Waals surface area contributed by atoms with Crippen molar-refractivity contribution < 1.29 is 5.11 Å². The van der Waals surface area contributed by atoms with Crippen molar-refractivity contribution >= 4 is 0 Å². The summed E-state index contributed by atoms with van der Waals surface area (Å²) in [5.41, 5.74) is 1.05. The fraction of sp³-hybridized carbons (Fsp3) is 0.615. The van der Waals surface area contributed by atoms with Crippen molar-refractivity contribution in [1.29, 1.82) is 0 Å². The number of nitrogens with zero attached hydrogens (tertiary/aromatic N) is 2. The fourth-order valence-corrected chi connectivity index (χ4v) is 2.21. The van der Waals surface area contributed by atoms with Crippen LogP contribution in [0.15, 0.2) is 18.3 Å². The smallest absolute Gasteiger partial charge is 0.133 e. The van der Waals surface area contributed by atoms with Crippen molar-refractivity contribution in [3.63, 3.8) is 0 Å². The van der Waals surface area contributed by atoms with E-state index in [1.54, 1.807) is 6.07 Å². The monoisotopic (exact) mass is 220 g/mol. The first kappa shape index (κ1) is 11.4. The first-order chi connectivity index (χ1) is 7.84. The molecule has 1 aromatic rings. The maximum Gasteiger partial charge on any atom is 0.133 e. The maximum absolute atomic E-state index is 9.17. The second-order valence-electron chi connectivity index (χ2n) is 4.55. The molecule has 0 aromatic carbocycles. The fourth-order valence-electron chi connectivity index (χ4n) is 2.21. The molecular formula is C13H20N2O. The normalized spacial score (nSPS) is 19.0. The summed E-state index contributed by atoms with van der Waals surface area (Å²) >= 11 is 0. The van der Waals surface area contributed by atoms with Crippen molar-refractivity contribution in [3.8, 4) is 5.75 Å². The van der Waals surface area contributed by atoms with Crippen LogP contribution in [-0.4, -0.2) is 28.1 Å². The van der Waals surface area contributed by atoms with Gasteiger partial charge in [-0.1, -0.05) is 19.3 Å². The molecule has 1 fully saturated rings. The van der Waals surface area contributed by atoms with Gasteiger partial charge in [0.05, 0.1) is 11.9 Å². The standard InChI is InChI=1S/C13H20N2O/c16-13-7-6-12(14-10-13)11-15-8-4-2-1-3-5-9-15/h6-7,10,16H,1-5,8-9,11H2. The Morgan fingerprint density at radius 3 is 2.38 bits per heavy atom. The summed E-state index contributed by atoms with van der Waals surface area (Å²) in [6, 6.07) is 3.63. The van der Waals surface area contributed by atoms with Gasteiger partial charge in [-0.2, -0.15) is 0 Å². The molecule has 1 aromatic heterocycles. The molecule has 88 valence electrons. The summed E-state index contributed by atoms with van der Waals surface area (Å²) in [6.45, 7) is 3.28. The summed E-state index contributed by atoms with van der Waals surface area (Å²) < 4.78 is 0. The van der Waals surface area contributed by atoms with Crippen LogP contribution < -0.4 is 0 Å². The number of pyridine rings is 1. The summed E-state index contributed by atoms with van der Waals surface area (Å²) in [4.78, 5) is 6.71. The Labute approximate surface area is 97.1 Å². The average molecular weight is 220 g/mol. The second kappa shape index (κ2) is 5.85. The molecule has 0 atom stereocenters. The molecule has 0 amide bonds. The van der Waals surface area contributed by atoms with Crippen LogP contribution in [0, 0.1) is 0 Å². The minimum atomic E-state index is 0.247. The molecule has 1 aliphatic rings. The number of aromatic nitrogens is 1. The molecule has 1 saturated heterocycles. The molecule has 16 heavy (non-hydrogen) atoms. The number of rotatable bonds is 2. The minimum Gasteiger partial charge on any atom is -0.506 e. The number of hydrogen-bond donors (Lipinski definition) is 1. The molecule has 2 heterocycles. The molecule has 0 bridgehead atoms. The van der Waals surface area contributed by atoms with Gasteiger partial charge >= 0.3 is 0 Å². The molecule has 1 N–H and O–H groups in total. The van der Waals surface area contributed by atoms with E-state index in [9.17, 15) is 0 Å². The quantitative estimate of drug-likeness (QED) is 0.832. The van der Waals surface area contributed by atoms with Crippen molar-refractivity contribution in [3.05, 3.63) is 24.0 Å². The second-order valence-corrected chi connectivity index (χ2v) is 4.55. The van der Waals surface area contributed by atoms with Gasteiger partial charge in [-0.15, -0.1) is 0 Å². The van der Waals surface area contributed by atoms with Crippen LogP contribution in [0.3, 0.4) is 0 Å². The molecule has 0 radical (unpaired) electrons. The summed E-state index contributed by atoms with van der Waals surface area (Å²) in [5, 5.41) is 9.17.